The molecule has 1 aromatic rings. The summed E-state index contributed by atoms with van der Waals surface area (Å²) >= 11 is 0. The molecule has 2 N–H and O–H groups in total. The molecular formula is C16H22N2O. The van der Waals surface area contributed by atoms with Crippen molar-refractivity contribution >= 4 is 5.69 Å². The third-order valence-corrected chi connectivity index (χ3v) is 2.96. The molecule has 0 aliphatic carbocycles. The number of benzene rings is 1. The zero-order valence-corrected chi connectivity index (χ0v) is 11.8. The predicted octanol–water partition coefficient (Wildman–Crippen LogP) is 3.71. The zero-order valence-electron chi connectivity index (χ0n) is 11.8. The Balaban J connectivity index is 2.54. The van der Waals surface area contributed by atoms with Crippen LogP contribution in [0.15, 0.2) is 30.9 Å². The minimum Gasteiger partial charge on any atom is -0.493 e. The van der Waals surface area contributed by atoms with Crippen LogP contribution in [0.1, 0.15) is 32.3 Å². The van der Waals surface area contributed by atoms with Crippen LogP contribution in [0.3, 0.4) is 0 Å². The third-order valence-electron chi connectivity index (χ3n) is 2.96. The van der Waals surface area contributed by atoms with E-state index >= 15 is 0 Å². The number of nitrogens with two attached hydrogens (primary N) is 1. The highest BCUT2D eigenvalue weighted by Crippen LogP contribution is 2.24. The van der Waals surface area contributed by atoms with Gasteiger partial charge in [-0.3, -0.25) is 0 Å². The van der Waals surface area contributed by atoms with Gasteiger partial charge in [-0.2, -0.15) is 5.26 Å². The summed E-state index contributed by atoms with van der Waals surface area (Å²) in [6.45, 7) is 8.23. The van der Waals surface area contributed by atoms with Crippen LogP contribution < -0.4 is 10.5 Å². The minimum absolute atomic E-state index is 0.283. The summed E-state index contributed by atoms with van der Waals surface area (Å²) in [5.41, 5.74) is 7.26. The van der Waals surface area contributed by atoms with E-state index in [9.17, 15) is 0 Å². The van der Waals surface area contributed by atoms with E-state index in [1.807, 2.05) is 38.1 Å². The van der Waals surface area contributed by atoms with E-state index in [2.05, 4.69) is 12.6 Å². The number of rotatable bonds is 7. The van der Waals surface area contributed by atoms with Gasteiger partial charge in [0.25, 0.3) is 0 Å². The van der Waals surface area contributed by atoms with Crippen molar-refractivity contribution in [1.29, 1.82) is 5.26 Å². The van der Waals surface area contributed by atoms with Crippen molar-refractivity contribution in [1.82, 2.24) is 0 Å². The van der Waals surface area contributed by atoms with Crippen molar-refractivity contribution in [3.63, 3.8) is 0 Å². The van der Waals surface area contributed by atoms with Gasteiger partial charge in [-0.25, -0.2) is 0 Å². The molecule has 0 radical (unpaired) electrons. The van der Waals surface area contributed by atoms with Crippen LogP contribution in [-0.4, -0.2) is 6.61 Å². The molecule has 0 aliphatic heterocycles. The summed E-state index contributed by atoms with van der Waals surface area (Å²) in [5, 5.41) is 8.94. The summed E-state index contributed by atoms with van der Waals surface area (Å²) in [7, 11) is 0. The molecule has 0 fully saturated rings. The van der Waals surface area contributed by atoms with Crippen LogP contribution in [0.25, 0.3) is 0 Å². The molecule has 0 bridgehead atoms. The average molecular weight is 258 g/mol. The fraction of sp³-hybridized carbons (Fsp3) is 0.438. The van der Waals surface area contributed by atoms with E-state index in [0.29, 0.717) is 6.61 Å². The largest absolute Gasteiger partial charge is 0.493 e. The Hall–Kier alpha value is -1.95. The highest BCUT2D eigenvalue weighted by molar-refractivity contribution is 5.48. The van der Waals surface area contributed by atoms with Gasteiger partial charge in [0.1, 0.15) is 5.75 Å². The predicted molar refractivity (Wildman–Crippen MR) is 78.9 cm³/mol. The normalized spacial score (nSPS) is 10.8. The van der Waals surface area contributed by atoms with Crippen LogP contribution >= 0.6 is 0 Å². The second-order valence-corrected chi connectivity index (χ2v) is 5.31. The maximum Gasteiger partial charge on any atom is 0.122 e. The van der Waals surface area contributed by atoms with Crippen LogP contribution in [-0.2, 0) is 6.42 Å². The molecule has 19 heavy (non-hydrogen) atoms. The molecule has 0 aromatic heterocycles. The monoisotopic (exact) mass is 258 g/mol. The van der Waals surface area contributed by atoms with E-state index in [0.717, 1.165) is 36.3 Å². The number of anilines is 1. The van der Waals surface area contributed by atoms with Gasteiger partial charge in [0.05, 0.1) is 18.1 Å². The Labute approximate surface area is 115 Å². The molecule has 0 atom stereocenters. The molecule has 0 aliphatic rings. The molecule has 3 nitrogen and oxygen atoms in total. The number of nitrogen functional groups attached to an aromatic ring is 1. The Morgan fingerprint density at radius 1 is 1.47 bits per heavy atom. The molecule has 1 aromatic carbocycles. The Kier molecular flexibility index (Phi) is 5.44. The number of nitrogens with zero attached hydrogens (tertiary/aromatic N) is 1. The highest BCUT2D eigenvalue weighted by Gasteiger charge is 2.15. The van der Waals surface area contributed by atoms with Crippen molar-refractivity contribution < 1.29 is 4.74 Å². The summed E-state index contributed by atoms with van der Waals surface area (Å²) < 4.78 is 5.77. The molecule has 1 rings (SSSR count). The molecule has 102 valence electrons. The Morgan fingerprint density at radius 3 is 2.84 bits per heavy atom. The van der Waals surface area contributed by atoms with Crippen molar-refractivity contribution in [3.8, 4) is 11.8 Å². The van der Waals surface area contributed by atoms with Crippen LogP contribution in [0, 0.1) is 16.7 Å². The van der Waals surface area contributed by atoms with Crippen LogP contribution in [0.4, 0.5) is 5.69 Å². The van der Waals surface area contributed by atoms with Gasteiger partial charge >= 0.3 is 0 Å². The maximum atomic E-state index is 8.94. The first-order chi connectivity index (χ1) is 8.98. The maximum absolute atomic E-state index is 8.94. The number of ether oxygens (including phenoxy) is 1. The number of allylic oxidation sites excluding steroid dienone is 1. The SMILES string of the molecule is C=CCc1cc(N)ccc1OCCCC(C)(C)C#N. The number of hydrogen-bond acceptors (Lipinski definition) is 3. The smallest absolute Gasteiger partial charge is 0.122 e. The molecular weight excluding hydrogens is 236 g/mol. The Morgan fingerprint density at radius 2 is 2.21 bits per heavy atom. The lowest BCUT2D eigenvalue weighted by Gasteiger charge is -2.16. The summed E-state index contributed by atoms with van der Waals surface area (Å²) in [6.07, 6.45) is 4.26. The average Bonchev–Trinajstić information content (AvgIpc) is 2.37. The summed E-state index contributed by atoms with van der Waals surface area (Å²) in [5.74, 6) is 0.851. The molecule has 0 saturated carbocycles. The molecule has 0 heterocycles. The van der Waals surface area contributed by atoms with Gasteiger partial charge in [-0.15, -0.1) is 6.58 Å². The van der Waals surface area contributed by atoms with E-state index in [1.165, 1.54) is 0 Å². The topological polar surface area (TPSA) is 59.0 Å². The molecule has 0 unspecified atom stereocenters. The van der Waals surface area contributed by atoms with Crippen LogP contribution in [0.5, 0.6) is 5.75 Å². The van der Waals surface area contributed by atoms with E-state index in [4.69, 9.17) is 15.7 Å². The second kappa shape index (κ2) is 6.84. The van der Waals surface area contributed by atoms with E-state index in [1.54, 1.807) is 0 Å². The van der Waals surface area contributed by atoms with Gasteiger partial charge in [0, 0.05) is 5.69 Å². The van der Waals surface area contributed by atoms with Crippen molar-refractivity contribution in [3.05, 3.63) is 36.4 Å². The molecule has 0 amide bonds. The molecule has 3 heteroatoms. The van der Waals surface area contributed by atoms with Crippen molar-refractivity contribution in [2.24, 2.45) is 5.41 Å². The van der Waals surface area contributed by atoms with Gasteiger partial charge in [-0.1, -0.05) is 6.08 Å². The van der Waals surface area contributed by atoms with E-state index in [-0.39, 0.29) is 5.41 Å². The van der Waals surface area contributed by atoms with Crippen molar-refractivity contribution in [2.75, 3.05) is 12.3 Å². The van der Waals surface area contributed by atoms with Gasteiger partial charge in [0.15, 0.2) is 0 Å². The second-order valence-electron chi connectivity index (χ2n) is 5.31. The molecule has 0 saturated heterocycles. The summed E-state index contributed by atoms with van der Waals surface area (Å²) in [4.78, 5) is 0. The summed E-state index contributed by atoms with van der Waals surface area (Å²) in [6, 6.07) is 7.93. The van der Waals surface area contributed by atoms with Crippen LogP contribution in [0.2, 0.25) is 0 Å². The molecule has 0 spiro atoms. The third kappa shape index (κ3) is 5.05. The number of hydrogen-bond donors (Lipinski definition) is 1. The first-order valence-electron chi connectivity index (χ1n) is 6.52. The first kappa shape index (κ1) is 15.1. The lowest BCUT2D eigenvalue weighted by atomic mass is 9.90. The van der Waals surface area contributed by atoms with Crippen molar-refractivity contribution in [2.45, 2.75) is 33.1 Å². The fourth-order valence-electron chi connectivity index (χ4n) is 1.81. The minimum atomic E-state index is -0.283. The van der Waals surface area contributed by atoms with Gasteiger partial charge in [0.2, 0.25) is 0 Å². The zero-order chi connectivity index (χ0) is 14.3. The highest BCUT2D eigenvalue weighted by atomic mass is 16.5. The quantitative estimate of drug-likeness (QED) is 0.461. The lowest BCUT2D eigenvalue weighted by molar-refractivity contribution is 0.282. The standard InChI is InChI=1S/C16H22N2O/c1-4-6-13-11-14(18)7-8-15(13)19-10-5-9-16(2,3)12-17/h4,7-8,11H,1,5-6,9-10,18H2,2-3H3. The fourth-order valence-corrected chi connectivity index (χ4v) is 1.81. The lowest BCUT2D eigenvalue weighted by Crippen LogP contribution is -2.10. The van der Waals surface area contributed by atoms with Gasteiger partial charge in [-0.05, 0) is 56.9 Å². The Bertz CT molecular complexity index is 472. The number of nitriles is 1. The van der Waals surface area contributed by atoms with Gasteiger partial charge < -0.3 is 10.5 Å². The first-order valence-corrected chi connectivity index (χ1v) is 6.52. The van der Waals surface area contributed by atoms with E-state index < -0.39 is 0 Å².